The first kappa shape index (κ1) is 15.1. The number of carbonyl (C=O) groups is 2. The van der Waals surface area contributed by atoms with Crippen molar-refractivity contribution in [2.45, 2.75) is 19.8 Å². The zero-order valence-corrected chi connectivity index (χ0v) is 13.0. The van der Waals surface area contributed by atoms with Crippen LogP contribution in [0.4, 0.5) is 5.69 Å². The van der Waals surface area contributed by atoms with E-state index in [2.05, 4.69) is 16.9 Å². The maximum atomic E-state index is 12.1. The molecular formula is C17H19N3O3. The lowest BCUT2D eigenvalue weighted by atomic mass is 10.0. The van der Waals surface area contributed by atoms with Crippen molar-refractivity contribution in [1.29, 1.82) is 0 Å². The lowest BCUT2D eigenvalue weighted by Crippen LogP contribution is -2.47. The van der Waals surface area contributed by atoms with Crippen molar-refractivity contribution in [1.82, 2.24) is 10.9 Å². The summed E-state index contributed by atoms with van der Waals surface area (Å²) in [6.45, 7) is 2.80. The summed E-state index contributed by atoms with van der Waals surface area (Å²) in [4.78, 5) is 26.0. The summed E-state index contributed by atoms with van der Waals surface area (Å²) in [5.74, 6) is -0.521. The number of furan rings is 1. The Kier molecular flexibility index (Phi) is 4.32. The molecule has 23 heavy (non-hydrogen) atoms. The van der Waals surface area contributed by atoms with Crippen LogP contribution in [0.5, 0.6) is 0 Å². The minimum absolute atomic E-state index is 0.202. The lowest BCUT2D eigenvalue weighted by molar-refractivity contribution is -0.120. The number of amides is 2. The van der Waals surface area contributed by atoms with Crippen LogP contribution >= 0.6 is 0 Å². The molecule has 6 heteroatoms. The fourth-order valence-corrected chi connectivity index (χ4v) is 2.78. The van der Waals surface area contributed by atoms with Crippen molar-refractivity contribution < 1.29 is 14.0 Å². The minimum Gasteiger partial charge on any atom is -0.459 e. The Morgan fingerprint density at radius 2 is 2.04 bits per heavy atom. The van der Waals surface area contributed by atoms with Crippen LogP contribution in [0.15, 0.2) is 41.0 Å². The molecule has 2 N–H and O–H groups in total. The van der Waals surface area contributed by atoms with Crippen LogP contribution in [0, 0.1) is 6.92 Å². The van der Waals surface area contributed by atoms with E-state index in [1.807, 2.05) is 23.1 Å². The lowest BCUT2D eigenvalue weighted by Gasteiger charge is -2.30. The number of para-hydroxylation sites is 1. The van der Waals surface area contributed by atoms with Gasteiger partial charge in [-0.1, -0.05) is 18.2 Å². The predicted octanol–water partition coefficient (Wildman–Crippen LogP) is 1.80. The molecule has 0 atom stereocenters. The molecule has 1 aliphatic rings. The van der Waals surface area contributed by atoms with Crippen LogP contribution in [-0.4, -0.2) is 24.9 Å². The third kappa shape index (κ3) is 3.36. The van der Waals surface area contributed by atoms with Crippen LogP contribution in [0.25, 0.3) is 0 Å². The molecule has 0 saturated carbocycles. The zero-order valence-electron chi connectivity index (χ0n) is 13.0. The molecule has 3 rings (SSSR count). The number of carbonyl (C=O) groups excluding carboxylic acids is 2. The number of anilines is 1. The van der Waals surface area contributed by atoms with Crippen molar-refractivity contribution >= 4 is 17.5 Å². The Balaban J connectivity index is 1.56. The molecular weight excluding hydrogens is 294 g/mol. The first-order valence-electron chi connectivity index (χ1n) is 7.61. The monoisotopic (exact) mass is 313 g/mol. The summed E-state index contributed by atoms with van der Waals surface area (Å²) in [6.07, 6.45) is 3.49. The van der Waals surface area contributed by atoms with E-state index in [9.17, 15) is 9.59 Å². The van der Waals surface area contributed by atoms with Crippen LogP contribution in [0.3, 0.4) is 0 Å². The largest absolute Gasteiger partial charge is 0.459 e. The zero-order chi connectivity index (χ0) is 16.2. The van der Waals surface area contributed by atoms with Gasteiger partial charge in [0.05, 0.1) is 12.8 Å². The Bertz CT molecular complexity index is 723. The van der Waals surface area contributed by atoms with Gasteiger partial charge < -0.3 is 9.32 Å². The first-order valence-corrected chi connectivity index (χ1v) is 7.61. The maximum Gasteiger partial charge on any atom is 0.305 e. The summed E-state index contributed by atoms with van der Waals surface area (Å²) in [7, 11) is 0. The van der Waals surface area contributed by atoms with Crippen LogP contribution in [0.1, 0.15) is 28.1 Å². The quantitative estimate of drug-likeness (QED) is 0.847. The van der Waals surface area contributed by atoms with E-state index in [1.165, 1.54) is 11.8 Å². The smallest absolute Gasteiger partial charge is 0.305 e. The summed E-state index contributed by atoms with van der Waals surface area (Å²) < 4.78 is 5.08. The molecule has 0 unspecified atom stereocenters. The van der Waals surface area contributed by atoms with E-state index in [0.717, 1.165) is 30.6 Å². The van der Waals surface area contributed by atoms with Gasteiger partial charge in [0.1, 0.15) is 0 Å². The van der Waals surface area contributed by atoms with Crippen LogP contribution < -0.4 is 15.8 Å². The van der Waals surface area contributed by atoms with Gasteiger partial charge in [-0.25, -0.2) is 0 Å². The van der Waals surface area contributed by atoms with Gasteiger partial charge in [-0.2, -0.15) is 0 Å². The Labute approximate surface area is 134 Å². The summed E-state index contributed by atoms with van der Waals surface area (Å²) in [5, 5.41) is 0. The van der Waals surface area contributed by atoms with Gasteiger partial charge in [-0.15, -0.1) is 0 Å². The first-order chi connectivity index (χ1) is 11.1. The summed E-state index contributed by atoms with van der Waals surface area (Å²) in [6, 6.07) is 9.78. The van der Waals surface area contributed by atoms with E-state index in [4.69, 9.17) is 4.42 Å². The Morgan fingerprint density at radius 1 is 1.22 bits per heavy atom. The average Bonchev–Trinajstić information content (AvgIpc) is 2.99. The highest BCUT2D eigenvalue weighted by atomic mass is 16.3. The van der Waals surface area contributed by atoms with Crippen LogP contribution in [0.2, 0.25) is 0 Å². The SMILES string of the molecule is Cc1ccoc1C(=O)NNC(=O)CN1CCCc2ccccc21. The highest BCUT2D eigenvalue weighted by Gasteiger charge is 2.19. The number of hydrogen-bond donors (Lipinski definition) is 2. The molecule has 0 saturated heterocycles. The second-order valence-corrected chi connectivity index (χ2v) is 5.59. The summed E-state index contributed by atoms with van der Waals surface area (Å²) >= 11 is 0. The molecule has 0 aliphatic carbocycles. The van der Waals surface area contributed by atoms with Gasteiger partial charge in [-0.3, -0.25) is 20.4 Å². The number of nitrogens with one attached hydrogen (secondary N) is 2. The second kappa shape index (κ2) is 6.56. The van der Waals surface area contributed by atoms with Crippen molar-refractivity contribution in [3.8, 4) is 0 Å². The topological polar surface area (TPSA) is 74.6 Å². The van der Waals surface area contributed by atoms with Gasteiger partial charge in [0.15, 0.2) is 5.76 Å². The molecule has 2 amide bonds. The fourth-order valence-electron chi connectivity index (χ4n) is 2.78. The molecule has 6 nitrogen and oxygen atoms in total. The average molecular weight is 313 g/mol. The van der Waals surface area contributed by atoms with Crippen LogP contribution in [-0.2, 0) is 11.2 Å². The van der Waals surface area contributed by atoms with Gasteiger partial charge in [0.2, 0.25) is 0 Å². The molecule has 1 aromatic heterocycles. The van der Waals surface area contributed by atoms with Crippen molar-refractivity contribution in [2.24, 2.45) is 0 Å². The molecule has 0 spiro atoms. The third-order valence-corrected chi connectivity index (χ3v) is 3.92. The van der Waals surface area contributed by atoms with E-state index in [0.29, 0.717) is 0 Å². The Hall–Kier alpha value is -2.76. The molecule has 1 aromatic carbocycles. The molecule has 1 aliphatic heterocycles. The third-order valence-electron chi connectivity index (χ3n) is 3.92. The van der Waals surface area contributed by atoms with E-state index < -0.39 is 5.91 Å². The number of hydrogen-bond acceptors (Lipinski definition) is 4. The minimum atomic E-state index is -0.458. The molecule has 0 bridgehead atoms. The fraction of sp³-hybridized carbons (Fsp3) is 0.294. The normalized spacial score (nSPS) is 13.3. The second-order valence-electron chi connectivity index (χ2n) is 5.59. The maximum absolute atomic E-state index is 12.1. The van der Waals surface area contributed by atoms with E-state index in [-0.39, 0.29) is 18.2 Å². The Morgan fingerprint density at radius 3 is 2.83 bits per heavy atom. The molecule has 0 radical (unpaired) electrons. The molecule has 2 aromatic rings. The molecule has 2 heterocycles. The number of nitrogens with zero attached hydrogens (tertiary/aromatic N) is 1. The van der Waals surface area contributed by atoms with Gasteiger partial charge in [0.25, 0.3) is 5.91 Å². The predicted molar refractivity (Wildman–Crippen MR) is 86.0 cm³/mol. The summed E-state index contributed by atoms with van der Waals surface area (Å²) in [5.41, 5.74) is 7.88. The van der Waals surface area contributed by atoms with E-state index in [1.54, 1.807) is 13.0 Å². The van der Waals surface area contributed by atoms with Gasteiger partial charge in [-0.05, 0) is 37.5 Å². The number of aryl methyl sites for hydroxylation is 2. The number of benzene rings is 1. The highest BCUT2D eigenvalue weighted by molar-refractivity contribution is 5.94. The number of hydrazine groups is 1. The standard InChI is InChI=1S/C17H19N3O3/c1-12-8-10-23-16(12)17(22)19-18-15(21)11-20-9-4-6-13-5-2-3-7-14(13)20/h2-3,5,7-8,10H,4,6,9,11H2,1H3,(H,18,21)(H,19,22). The molecule has 0 fully saturated rings. The van der Waals surface area contributed by atoms with Gasteiger partial charge >= 0.3 is 5.91 Å². The van der Waals surface area contributed by atoms with Crippen molar-refractivity contribution in [2.75, 3.05) is 18.0 Å². The van der Waals surface area contributed by atoms with Crippen molar-refractivity contribution in [3.63, 3.8) is 0 Å². The molecule has 120 valence electrons. The van der Waals surface area contributed by atoms with Crippen molar-refractivity contribution in [3.05, 3.63) is 53.5 Å². The highest BCUT2D eigenvalue weighted by Crippen LogP contribution is 2.26. The number of rotatable bonds is 3. The van der Waals surface area contributed by atoms with E-state index >= 15 is 0 Å². The number of fused-ring (bicyclic) bond motifs is 1. The van der Waals surface area contributed by atoms with Gasteiger partial charge in [0, 0.05) is 17.8 Å².